The number of amides is 4. The molecule has 226 valence electrons. The quantitative estimate of drug-likeness (QED) is 0.276. The number of hydrogen-bond donors (Lipinski definition) is 0. The molecule has 0 saturated carbocycles. The van der Waals surface area contributed by atoms with Crippen molar-refractivity contribution in [2.75, 3.05) is 24.5 Å². The highest BCUT2D eigenvalue weighted by Crippen LogP contribution is 2.39. The van der Waals surface area contributed by atoms with Gasteiger partial charge in [0.15, 0.2) is 0 Å². The molecule has 1 saturated heterocycles. The van der Waals surface area contributed by atoms with Crippen molar-refractivity contribution in [3.8, 4) is 11.5 Å². The molecule has 4 amide bonds. The lowest BCUT2D eigenvalue weighted by atomic mass is 9.97. The van der Waals surface area contributed by atoms with E-state index in [1.54, 1.807) is 9.80 Å². The number of hydrogen-bond acceptors (Lipinski definition) is 5. The summed E-state index contributed by atoms with van der Waals surface area (Å²) in [6, 6.07) is 14.7. The maximum Gasteiger partial charge on any atom is 0.414 e. The standard InChI is InChI=1S/C32H32ClF2N3O5/c1-32(2,3)43-31(41)37-18-20(24-6-4-5-7-27(24)37)12-14-36-15-13-29(39)38(30(36)40)19-21-16-22(34)8-11-28(21)42-23-9-10-26(35)25(33)17-23/h4-11,16-17,20H,12-15,18-19H2,1-3H3. The van der Waals surface area contributed by atoms with Gasteiger partial charge in [-0.3, -0.25) is 14.6 Å². The number of ether oxygens (including phenoxy) is 2. The molecule has 1 unspecified atom stereocenters. The molecule has 3 aromatic rings. The number of carbonyl (C=O) groups is 3. The van der Waals surface area contributed by atoms with Gasteiger partial charge in [0.05, 0.1) is 17.3 Å². The number of halogens is 3. The lowest BCUT2D eigenvalue weighted by molar-refractivity contribution is -0.131. The van der Waals surface area contributed by atoms with Crippen LogP contribution in [0.3, 0.4) is 0 Å². The summed E-state index contributed by atoms with van der Waals surface area (Å²) in [5.74, 6) is -1.18. The zero-order chi connectivity index (χ0) is 30.9. The molecule has 1 atom stereocenters. The Morgan fingerprint density at radius 2 is 1.81 bits per heavy atom. The molecule has 2 heterocycles. The van der Waals surface area contributed by atoms with Crippen LogP contribution in [-0.2, 0) is 16.1 Å². The van der Waals surface area contributed by atoms with Crippen molar-refractivity contribution in [1.29, 1.82) is 0 Å². The number of rotatable bonds is 7. The molecule has 3 aromatic carbocycles. The smallest absolute Gasteiger partial charge is 0.414 e. The third-order valence-corrected chi connectivity index (χ3v) is 7.59. The molecule has 8 nitrogen and oxygen atoms in total. The van der Waals surface area contributed by atoms with Gasteiger partial charge in [-0.05, 0) is 69.2 Å². The Bertz CT molecular complexity index is 1560. The minimum Gasteiger partial charge on any atom is -0.457 e. The topological polar surface area (TPSA) is 79.4 Å². The van der Waals surface area contributed by atoms with Crippen molar-refractivity contribution in [3.05, 3.63) is 88.4 Å². The van der Waals surface area contributed by atoms with Crippen LogP contribution in [0.1, 0.15) is 50.7 Å². The van der Waals surface area contributed by atoms with E-state index in [0.29, 0.717) is 19.5 Å². The van der Waals surface area contributed by atoms with E-state index in [2.05, 4.69) is 0 Å². The Hall–Kier alpha value is -4.18. The van der Waals surface area contributed by atoms with E-state index in [9.17, 15) is 23.2 Å². The Morgan fingerprint density at radius 3 is 2.56 bits per heavy atom. The maximum atomic E-state index is 14.3. The molecule has 5 rings (SSSR count). The Kier molecular flexibility index (Phi) is 8.59. The second-order valence-corrected chi connectivity index (χ2v) is 12.0. The van der Waals surface area contributed by atoms with Gasteiger partial charge < -0.3 is 14.4 Å². The summed E-state index contributed by atoms with van der Waals surface area (Å²) in [5, 5.41) is -0.141. The van der Waals surface area contributed by atoms with Gasteiger partial charge in [0.1, 0.15) is 28.7 Å². The zero-order valence-electron chi connectivity index (χ0n) is 24.1. The predicted octanol–water partition coefficient (Wildman–Crippen LogP) is 7.49. The lowest BCUT2D eigenvalue weighted by Gasteiger charge is -2.35. The van der Waals surface area contributed by atoms with E-state index in [-0.39, 0.29) is 53.4 Å². The first kappa shape index (κ1) is 30.3. The van der Waals surface area contributed by atoms with Crippen molar-refractivity contribution in [3.63, 3.8) is 0 Å². The van der Waals surface area contributed by atoms with Crippen LogP contribution in [-0.4, -0.2) is 53.1 Å². The Labute approximate surface area is 253 Å². The van der Waals surface area contributed by atoms with Crippen LogP contribution in [0.15, 0.2) is 60.7 Å². The van der Waals surface area contributed by atoms with E-state index in [1.165, 1.54) is 30.3 Å². The van der Waals surface area contributed by atoms with Crippen LogP contribution in [0.4, 0.5) is 24.1 Å². The minimum absolute atomic E-state index is 0.0339. The second-order valence-electron chi connectivity index (χ2n) is 11.6. The summed E-state index contributed by atoms with van der Waals surface area (Å²) in [6.45, 7) is 6.25. The molecule has 11 heteroatoms. The van der Waals surface area contributed by atoms with Gasteiger partial charge in [-0.2, -0.15) is 0 Å². The fraction of sp³-hybridized carbons (Fsp3) is 0.344. The normalized spacial score (nSPS) is 16.9. The third-order valence-electron chi connectivity index (χ3n) is 7.30. The van der Waals surface area contributed by atoms with E-state index < -0.39 is 29.4 Å². The van der Waals surface area contributed by atoms with Crippen LogP contribution >= 0.6 is 11.6 Å². The molecule has 0 N–H and O–H groups in total. The van der Waals surface area contributed by atoms with E-state index in [1.807, 2.05) is 45.0 Å². The number of benzene rings is 3. The zero-order valence-corrected chi connectivity index (χ0v) is 24.9. The summed E-state index contributed by atoms with van der Waals surface area (Å²) in [5.41, 5.74) is 1.40. The van der Waals surface area contributed by atoms with Gasteiger partial charge in [0.2, 0.25) is 5.91 Å². The van der Waals surface area contributed by atoms with Crippen LogP contribution in [0, 0.1) is 11.6 Å². The number of nitrogens with zero attached hydrogens (tertiary/aromatic N) is 3. The van der Waals surface area contributed by atoms with E-state index >= 15 is 0 Å². The Balaban J connectivity index is 1.28. The average molecular weight is 612 g/mol. The highest BCUT2D eigenvalue weighted by molar-refractivity contribution is 6.30. The van der Waals surface area contributed by atoms with Crippen molar-refractivity contribution >= 4 is 35.3 Å². The van der Waals surface area contributed by atoms with Gasteiger partial charge >= 0.3 is 12.1 Å². The van der Waals surface area contributed by atoms with Gasteiger partial charge in [-0.15, -0.1) is 0 Å². The highest BCUT2D eigenvalue weighted by atomic mass is 35.5. The van der Waals surface area contributed by atoms with Crippen LogP contribution in [0.25, 0.3) is 0 Å². The predicted molar refractivity (Wildman–Crippen MR) is 157 cm³/mol. The van der Waals surface area contributed by atoms with Crippen molar-refractivity contribution in [1.82, 2.24) is 9.80 Å². The summed E-state index contributed by atoms with van der Waals surface area (Å²) in [6.07, 6.45) is 0.240. The summed E-state index contributed by atoms with van der Waals surface area (Å²) in [7, 11) is 0. The number of carbonyl (C=O) groups excluding carboxylic acids is 3. The molecule has 43 heavy (non-hydrogen) atoms. The summed E-state index contributed by atoms with van der Waals surface area (Å²) in [4.78, 5) is 43.6. The SMILES string of the molecule is CC(C)(C)OC(=O)N1CC(CCN2CCC(=O)N(Cc3cc(F)ccc3Oc3ccc(F)c(Cl)c3)C2=O)c2ccccc21. The molecule has 2 aliphatic rings. The van der Waals surface area contributed by atoms with Crippen molar-refractivity contribution in [2.45, 2.75) is 51.7 Å². The van der Waals surface area contributed by atoms with E-state index in [0.717, 1.165) is 22.2 Å². The molecule has 0 aromatic heterocycles. The van der Waals surface area contributed by atoms with Crippen molar-refractivity contribution in [2.24, 2.45) is 0 Å². The van der Waals surface area contributed by atoms with Crippen LogP contribution in [0.5, 0.6) is 11.5 Å². The summed E-state index contributed by atoms with van der Waals surface area (Å²) >= 11 is 5.86. The van der Waals surface area contributed by atoms with Crippen LogP contribution in [0.2, 0.25) is 5.02 Å². The fourth-order valence-electron chi connectivity index (χ4n) is 5.25. The molecule has 0 radical (unpaired) electrons. The lowest BCUT2D eigenvalue weighted by Crippen LogP contribution is -2.52. The van der Waals surface area contributed by atoms with E-state index in [4.69, 9.17) is 21.1 Å². The molecular weight excluding hydrogens is 580 g/mol. The first-order valence-corrected chi connectivity index (χ1v) is 14.4. The minimum atomic E-state index is -0.640. The number of para-hydroxylation sites is 1. The van der Waals surface area contributed by atoms with Gasteiger partial charge in [0.25, 0.3) is 0 Å². The largest absolute Gasteiger partial charge is 0.457 e. The molecule has 0 aliphatic carbocycles. The fourth-order valence-corrected chi connectivity index (χ4v) is 5.43. The Morgan fingerprint density at radius 1 is 1.05 bits per heavy atom. The average Bonchev–Trinajstić information content (AvgIpc) is 3.32. The first-order valence-electron chi connectivity index (χ1n) is 14.0. The number of urea groups is 1. The van der Waals surface area contributed by atoms with Crippen molar-refractivity contribution < 1.29 is 32.6 Å². The maximum absolute atomic E-state index is 14.3. The van der Waals surface area contributed by atoms with Gasteiger partial charge in [-0.25, -0.2) is 18.4 Å². The molecule has 0 bridgehead atoms. The summed E-state index contributed by atoms with van der Waals surface area (Å²) < 4.78 is 39.3. The third kappa shape index (κ3) is 6.91. The molecule has 1 fully saturated rings. The molecular formula is C32H32ClF2N3O5. The van der Waals surface area contributed by atoms with Gasteiger partial charge in [0, 0.05) is 43.6 Å². The number of imide groups is 1. The number of fused-ring (bicyclic) bond motifs is 1. The molecule has 0 spiro atoms. The first-order chi connectivity index (χ1) is 20.4. The number of anilines is 1. The van der Waals surface area contributed by atoms with Gasteiger partial charge in [-0.1, -0.05) is 29.8 Å². The second kappa shape index (κ2) is 12.2. The monoisotopic (exact) mass is 611 g/mol. The highest BCUT2D eigenvalue weighted by Gasteiger charge is 2.37. The van der Waals surface area contributed by atoms with Crippen LogP contribution < -0.4 is 9.64 Å². The molecule has 2 aliphatic heterocycles.